The molecule has 26 heavy (non-hydrogen) atoms. The first-order valence-corrected chi connectivity index (χ1v) is 11.5. The molecule has 0 aromatic rings. The van der Waals surface area contributed by atoms with E-state index in [1.807, 2.05) is 6.92 Å². The lowest BCUT2D eigenvalue weighted by atomic mass is 9.70. The standard InChI is InChI=1S/C19H33NO5S/c1-5-20(16-10-11-26(23,24)13-16)17(21)12-25-18(22)14-6-8-15(9-7-14)19(2,3)4/h14-16H,5-13H2,1-4H3. The van der Waals surface area contributed by atoms with Gasteiger partial charge in [-0.2, -0.15) is 0 Å². The van der Waals surface area contributed by atoms with Crippen molar-refractivity contribution in [2.45, 2.75) is 65.8 Å². The van der Waals surface area contributed by atoms with Gasteiger partial charge in [0.25, 0.3) is 5.91 Å². The number of sulfone groups is 1. The first-order valence-electron chi connectivity index (χ1n) is 9.70. The Morgan fingerprint density at radius 1 is 1.08 bits per heavy atom. The maximum atomic E-state index is 12.4. The number of likely N-dealkylation sites (N-methyl/N-ethyl adjacent to an activating group) is 1. The molecule has 1 aliphatic carbocycles. The second kappa shape index (κ2) is 8.28. The number of carbonyl (C=O) groups is 2. The van der Waals surface area contributed by atoms with Crippen LogP contribution in [-0.2, 0) is 24.2 Å². The van der Waals surface area contributed by atoms with E-state index in [-0.39, 0.29) is 47.4 Å². The fourth-order valence-electron chi connectivity index (χ4n) is 4.19. The molecule has 0 radical (unpaired) electrons. The maximum absolute atomic E-state index is 12.4. The summed E-state index contributed by atoms with van der Waals surface area (Å²) in [5, 5.41) is 0. The molecule has 1 saturated heterocycles. The second-order valence-electron chi connectivity index (χ2n) is 8.76. The lowest BCUT2D eigenvalue weighted by Gasteiger charge is -2.36. The molecule has 1 heterocycles. The fourth-order valence-corrected chi connectivity index (χ4v) is 5.92. The molecule has 150 valence electrons. The average molecular weight is 388 g/mol. The van der Waals surface area contributed by atoms with Gasteiger partial charge in [0.15, 0.2) is 16.4 Å². The molecule has 2 fully saturated rings. The summed E-state index contributed by atoms with van der Waals surface area (Å²) in [7, 11) is -3.05. The van der Waals surface area contributed by atoms with Crippen molar-refractivity contribution in [2.75, 3.05) is 24.7 Å². The van der Waals surface area contributed by atoms with E-state index in [1.165, 1.54) is 4.90 Å². The first kappa shape index (κ1) is 21.2. The predicted octanol–water partition coefficient (Wildman–Crippen LogP) is 2.42. The van der Waals surface area contributed by atoms with E-state index in [4.69, 9.17) is 4.74 Å². The Hall–Kier alpha value is -1.11. The molecular formula is C19H33NO5S. The number of hydrogen-bond donors (Lipinski definition) is 0. The summed E-state index contributed by atoms with van der Waals surface area (Å²) in [6.07, 6.45) is 4.11. The van der Waals surface area contributed by atoms with Crippen LogP contribution in [0.5, 0.6) is 0 Å². The molecule has 0 spiro atoms. The largest absolute Gasteiger partial charge is 0.455 e. The van der Waals surface area contributed by atoms with Crippen molar-refractivity contribution in [2.24, 2.45) is 17.3 Å². The highest BCUT2D eigenvalue weighted by Gasteiger charge is 2.35. The van der Waals surface area contributed by atoms with E-state index in [9.17, 15) is 18.0 Å². The molecule has 0 aromatic carbocycles. The molecule has 1 atom stereocenters. The molecule has 1 unspecified atom stereocenters. The van der Waals surface area contributed by atoms with Gasteiger partial charge >= 0.3 is 5.97 Å². The number of nitrogens with zero attached hydrogens (tertiary/aromatic N) is 1. The number of rotatable bonds is 5. The van der Waals surface area contributed by atoms with Crippen LogP contribution in [-0.4, -0.2) is 55.9 Å². The molecule has 0 aromatic heterocycles. The average Bonchev–Trinajstić information content (AvgIpc) is 2.92. The van der Waals surface area contributed by atoms with E-state index in [2.05, 4.69) is 20.8 Å². The number of carbonyl (C=O) groups excluding carboxylic acids is 2. The Balaban J connectivity index is 1.80. The summed E-state index contributed by atoms with van der Waals surface area (Å²) in [5.41, 5.74) is 0.258. The van der Waals surface area contributed by atoms with E-state index in [0.717, 1.165) is 25.7 Å². The Morgan fingerprint density at radius 2 is 1.69 bits per heavy atom. The zero-order valence-electron chi connectivity index (χ0n) is 16.5. The molecular weight excluding hydrogens is 354 g/mol. The summed E-state index contributed by atoms with van der Waals surface area (Å²) in [5.74, 6) is 0.0406. The van der Waals surface area contributed by atoms with Crippen molar-refractivity contribution in [3.05, 3.63) is 0 Å². The van der Waals surface area contributed by atoms with E-state index in [0.29, 0.717) is 18.9 Å². The minimum Gasteiger partial charge on any atom is -0.455 e. The van der Waals surface area contributed by atoms with Gasteiger partial charge in [-0.05, 0) is 50.4 Å². The van der Waals surface area contributed by atoms with E-state index >= 15 is 0 Å². The van der Waals surface area contributed by atoms with Crippen LogP contribution in [0.15, 0.2) is 0 Å². The van der Waals surface area contributed by atoms with Crippen molar-refractivity contribution >= 4 is 21.7 Å². The highest BCUT2D eigenvalue weighted by atomic mass is 32.2. The summed E-state index contributed by atoms with van der Waals surface area (Å²) < 4.78 is 28.5. The minimum absolute atomic E-state index is 0.0113. The molecule has 7 heteroatoms. The van der Waals surface area contributed by atoms with Crippen molar-refractivity contribution < 1.29 is 22.7 Å². The van der Waals surface area contributed by atoms with E-state index < -0.39 is 9.84 Å². The van der Waals surface area contributed by atoms with E-state index in [1.54, 1.807) is 0 Å². The predicted molar refractivity (Wildman–Crippen MR) is 100 cm³/mol. The third kappa shape index (κ3) is 5.44. The van der Waals surface area contributed by atoms with Gasteiger partial charge in [0.05, 0.1) is 17.4 Å². The molecule has 1 aliphatic heterocycles. The van der Waals surface area contributed by atoms with Gasteiger partial charge in [-0.15, -0.1) is 0 Å². The van der Waals surface area contributed by atoms with Gasteiger partial charge < -0.3 is 9.64 Å². The first-order chi connectivity index (χ1) is 12.0. The Labute approximate surface area is 157 Å². The number of ether oxygens (including phenoxy) is 1. The van der Waals surface area contributed by atoms with Crippen LogP contribution >= 0.6 is 0 Å². The van der Waals surface area contributed by atoms with Crippen molar-refractivity contribution in [1.82, 2.24) is 4.90 Å². The molecule has 0 bridgehead atoms. The molecule has 1 saturated carbocycles. The topological polar surface area (TPSA) is 80.8 Å². The molecule has 2 aliphatic rings. The molecule has 2 rings (SSSR count). The third-order valence-electron chi connectivity index (χ3n) is 5.93. The summed E-state index contributed by atoms with van der Waals surface area (Å²) in [4.78, 5) is 26.2. The Morgan fingerprint density at radius 3 is 2.15 bits per heavy atom. The highest BCUT2D eigenvalue weighted by Crippen LogP contribution is 2.40. The SMILES string of the molecule is CCN(C(=O)COC(=O)C1CCC(C(C)(C)C)CC1)C1CCS(=O)(=O)C1. The van der Waals surface area contributed by atoms with Crippen LogP contribution in [0, 0.1) is 17.3 Å². The molecule has 0 N–H and O–H groups in total. The van der Waals surface area contributed by atoms with Crippen LogP contribution < -0.4 is 0 Å². The molecule has 6 nitrogen and oxygen atoms in total. The normalized spacial score (nSPS) is 28.5. The quantitative estimate of drug-likeness (QED) is 0.677. The zero-order chi connectivity index (χ0) is 19.5. The van der Waals surface area contributed by atoms with Gasteiger partial charge in [0.1, 0.15) is 0 Å². The lowest BCUT2D eigenvalue weighted by molar-refractivity contribution is -0.157. The number of amides is 1. The van der Waals surface area contributed by atoms with Crippen molar-refractivity contribution in [3.8, 4) is 0 Å². The Bertz CT molecular complexity index is 614. The summed E-state index contributed by atoms with van der Waals surface area (Å²) in [6.45, 7) is 8.65. The van der Waals surface area contributed by atoms with Gasteiger partial charge in [0.2, 0.25) is 0 Å². The second-order valence-corrected chi connectivity index (χ2v) is 11.0. The number of esters is 1. The third-order valence-corrected chi connectivity index (χ3v) is 7.68. The summed E-state index contributed by atoms with van der Waals surface area (Å²) in [6, 6.07) is -0.293. The zero-order valence-corrected chi connectivity index (χ0v) is 17.3. The van der Waals surface area contributed by atoms with Crippen LogP contribution in [0.2, 0.25) is 0 Å². The van der Waals surface area contributed by atoms with Gasteiger partial charge in [-0.3, -0.25) is 9.59 Å². The lowest BCUT2D eigenvalue weighted by Crippen LogP contribution is -2.43. The van der Waals surface area contributed by atoms with Crippen molar-refractivity contribution in [3.63, 3.8) is 0 Å². The summed E-state index contributed by atoms with van der Waals surface area (Å²) >= 11 is 0. The van der Waals surface area contributed by atoms with Crippen LogP contribution in [0.4, 0.5) is 0 Å². The minimum atomic E-state index is -3.05. The monoisotopic (exact) mass is 387 g/mol. The van der Waals surface area contributed by atoms with Crippen molar-refractivity contribution in [1.29, 1.82) is 0 Å². The molecule has 1 amide bonds. The fraction of sp³-hybridized carbons (Fsp3) is 0.895. The van der Waals surface area contributed by atoms with Gasteiger partial charge in [0, 0.05) is 12.6 Å². The smallest absolute Gasteiger partial charge is 0.309 e. The van der Waals surface area contributed by atoms with Crippen LogP contribution in [0.25, 0.3) is 0 Å². The van der Waals surface area contributed by atoms with Crippen LogP contribution in [0.1, 0.15) is 59.8 Å². The van der Waals surface area contributed by atoms with Gasteiger partial charge in [-0.25, -0.2) is 8.42 Å². The maximum Gasteiger partial charge on any atom is 0.309 e. The number of hydrogen-bond acceptors (Lipinski definition) is 5. The van der Waals surface area contributed by atoms with Crippen LogP contribution in [0.3, 0.4) is 0 Å². The Kier molecular flexibility index (Phi) is 6.75. The highest BCUT2D eigenvalue weighted by molar-refractivity contribution is 7.91. The van der Waals surface area contributed by atoms with Gasteiger partial charge in [-0.1, -0.05) is 20.8 Å².